The van der Waals surface area contributed by atoms with Gasteiger partial charge in [-0.05, 0) is 50.8 Å². The Labute approximate surface area is 164 Å². The van der Waals surface area contributed by atoms with Crippen LogP contribution in [0.2, 0.25) is 0 Å². The quantitative estimate of drug-likeness (QED) is 0.727. The van der Waals surface area contributed by atoms with Crippen LogP contribution in [-0.2, 0) is 11.2 Å². The van der Waals surface area contributed by atoms with Crippen molar-refractivity contribution in [2.24, 2.45) is 0 Å². The van der Waals surface area contributed by atoms with E-state index < -0.39 is 0 Å². The lowest BCUT2D eigenvalue weighted by Gasteiger charge is -2.48. The fourth-order valence-electron chi connectivity index (χ4n) is 4.28. The lowest BCUT2D eigenvalue weighted by atomic mass is 9.85. The number of hydrogen-bond acceptors (Lipinski definition) is 2. The first-order valence-electron chi connectivity index (χ1n) is 10.2. The van der Waals surface area contributed by atoms with Crippen LogP contribution in [-0.4, -0.2) is 35.5 Å². The fraction of sp³-hybridized carbons (Fsp3) is 0.458. The average molecular weight is 365 g/mol. The second kappa shape index (κ2) is 8.71. The highest BCUT2D eigenvalue weighted by molar-refractivity contribution is 5.93. The summed E-state index contributed by atoms with van der Waals surface area (Å²) in [4.78, 5) is 17.4. The zero-order chi connectivity index (χ0) is 19.3. The number of hydrogen-bond donors (Lipinski definition) is 0. The third-order valence-electron chi connectivity index (χ3n) is 5.81. The first-order valence-corrected chi connectivity index (χ1v) is 10.2. The molecule has 0 bridgehead atoms. The molecule has 0 radical (unpaired) electrons. The monoisotopic (exact) mass is 364 g/mol. The van der Waals surface area contributed by atoms with Gasteiger partial charge in [-0.3, -0.25) is 9.69 Å². The molecule has 2 aromatic rings. The van der Waals surface area contributed by atoms with Crippen LogP contribution in [0.4, 0.5) is 5.69 Å². The normalized spacial score (nSPS) is 19.6. The van der Waals surface area contributed by atoms with Gasteiger partial charge in [-0.15, -0.1) is 0 Å². The summed E-state index contributed by atoms with van der Waals surface area (Å²) in [7, 11) is 0. The maximum atomic E-state index is 12.7. The second-order valence-corrected chi connectivity index (χ2v) is 8.13. The third-order valence-corrected chi connectivity index (χ3v) is 5.81. The van der Waals surface area contributed by atoms with Gasteiger partial charge < -0.3 is 4.90 Å². The topological polar surface area (TPSA) is 23.6 Å². The molecule has 3 heteroatoms. The van der Waals surface area contributed by atoms with Crippen LogP contribution in [0.5, 0.6) is 0 Å². The lowest BCUT2D eigenvalue weighted by molar-refractivity contribution is -0.119. The van der Waals surface area contributed by atoms with Crippen LogP contribution in [0, 0.1) is 0 Å². The van der Waals surface area contributed by atoms with E-state index in [0.717, 1.165) is 38.0 Å². The molecule has 2 aromatic carbocycles. The van der Waals surface area contributed by atoms with Gasteiger partial charge in [0.25, 0.3) is 0 Å². The van der Waals surface area contributed by atoms with E-state index in [1.807, 2.05) is 25.1 Å². The highest BCUT2D eigenvalue weighted by Gasteiger charge is 2.38. The summed E-state index contributed by atoms with van der Waals surface area (Å²) in [5.74, 6) is 0.222. The lowest BCUT2D eigenvalue weighted by Crippen LogP contribution is -2.57. The van der Waals surface area contributed by atoms with E-state index in [9.17, 15) is 4.79 Å². The minimum atomic E-state index is 0.0821. The molecule has 0 saturated carbocycles. The molecule has 3 nitrogen and oxygen atoms in total. The van der Waals surface area contributed by atoms with Crippen LogP contribution in [0.3, 0.4) is 0 Å². The summed E-state index contributed by atoms with van der Waals surface area (Å²) in [5.41, 5.74) is 2.50. The van der Waals surface area contributed by atoms with Crippen molar-refractivity contribution in [3.05, 3.63) is 66.2 Å². The summed E-state index contributed by atoms with van der Waals surface area (Å²) >= 11 is 0. The van der Waals surface area contributed by atoms with E-state index >= 15 is 0 Å². The molecule has 1 heterocycles. The Morgan fingerprint density at radius 1 is 1.07 bits per heavy atom. The van der Waals surface area contributed by atoms with E-state index in [4.69, 9.17) is 0 Å². The van der Waals surface area contributed by atoms with Crippen LogP contribution in [0.1, 0.15) is 45.6 Å². The summed E-state index contributed by atoms with van der Waals surface area (Å²) < 4.78 is 0. The first kappa shape index (κ1) is 19.6. The molecule has 0 aliphatic carbocycles. The van der Waals surface area contributed by atoms with Gasteiger partial charge in [0.1, 0.15) is 0 Å². The Bertz CT molecular complexity index is 727. The number of anilines is 1. The molecule has 0 N–H and O–H groups in total. The van der Waals surface area contributed by atoms with Gasteiger partial charge in [0.2, 0.25) is 5.91 Å². The fourth-order valence-corrected chi connectivity index (χ4v) is 4.28. The highest BCUT2D eigenvalue weighted by atomic mass is 16.2. The molecule has 1 unspecified atom stereocenters. The van der Waals surface area contributed by atoms with Crippen molar-refractivity contribution in [2.75, 3.05) is 18.0 Å². The Kier molecular flexibility index (Phi) is 6.33. The number of para-hydroxylation sites is 1. The Balaban J connectivity index is 1.70. The largest absolute Gasteiger partial charge is 0.309 e. The van der Waals surface area contributed by atoms with Gasteiger partial charge in [0.15, 0.2) is 0 Å². The molecule has 27 heavy (non-hydrogen) atoms. The van der Waals surface area contributed by atoms with Crippen molar-refractivity contribution in [3.8, 4) is 0 Å². The second-order valence-electron chi connectivity index (χ2n) is 8.13. The van der Waals surface area contributed by atoms with Crippen molar-refractivity contribution in [1.29, 1.82) is 0 Å². The zero-order valence-electron chi connectivity index (χ0n) is 16.9. The number of nitrogens with zero attached hydrogens (tertiary/aromatic N) is 2. The number of rotatable bonds is 6. The van der Waals surface area contributed by atoms with Gasteiger partial charge in [0, 0.05) is 36.8 Å². The van der Waals surface area contributed by atoms with Gasteiger partial charge in [0.05, 0.1) is 0 Å². The van der Waals surface area contributed by atoms with Gasteiger partial charge >= 0.3 is 0 Å². The molecule has 1 aliphatic heterocycles. The maximum Gasteiger partial charge on any atom is 0.226 e. The third kappa shape index (κ3) is 4.78. The molecular weight excluding hydrogens is 332 g/mol. The van der Waals surface area contributed by atoms with Crippen LogP contribution < -0.4 is 4.90 Å². The minimum Gasteiger partial charge on any atom is -0.309 e. The van der Waals surface area contributed by atoms with Crippen molar-refractivity contribution < 1.29 is 4.79 Å². The van der Waals surface area contributed by atoms with Crippen molar-refractivity contribution in [2.45, 2.75) is 58.0 Å². The number of carbonyl (C=O) groups is 1. The van der Waals surface area contributed by atoms with Crippen molar-refractivity contribution in [1.82, 2.24) is 4.90 Å². The number of piperidine rings is 1. The van der Waals surface area contributed by atoms with E-state index in [2.05, 4.69) is 66.1 Å². The summed E-state index contributed by atoms with van der Waals surface area (Å²) in [6.07, 6.45) is 3.65. The van der Waals surface area contributed by atoms with Crippen molar-refractivity contribution in [3.63, 3.8) is 0 Å². The Morgan fingerprint density at radius 3 is 2.30 bits per heavy atom. The standard InChI is InChI=1S/C24H32N2O/c1-4-23(27)26(21-13-9-6-10-14-21)22-16-18-25(24(2,3)19-22)17-15-20-11-7-5-8-12-20/h5-14,22H,4,15-19H2,1-3H3. The van der Waals surface area contributed by atoms with E-state index in [1.54, 1.807) is 0 Å². The predicted molar refractivity (Wildman–Crippen MR) is 113 cm³/mol. The molecule has 0 spiro atoms. The van der Waals surface area contributed by atoms with E-state index in [-0.39, 0.29) is 17.5 Å². The Hall–Kier alpha value is -2.13. The highest BCUT2D eigenvalue weighted by Crippen LogP contribution is 2.33. The summed E-state index contributed by atoms with van der Waals surface area (Å²) in [6.45, 7) is 8.70. The maximum absolute atomic E-state index is 12.7. The smallest absolute Gasteiger partial charge is 0.226 e. The Morgan fingerprint density at radius 2 is 1.70 bits per heavy atom. The molecular formula is C24H32N2O. The van der Waals surface area contributed by atoms with E-state index in [0.29, 0.717) is 6.42 Å². The number of amides is 1. The molecule has 3 rings (SSSR count). The molecule has 1 fully saturated rings. The SMILES string of the molecule is CCC(=O)N(c1ccccc1)C1CCN(CCc2ccccc2)C(C)(C)C1. The van der Waals surface area contributed by atoms with Crippen LogP contribution in [0.25, 0.3) is 0 Å². The van der Waals surface area contributed by atoms with Gasteiger partial charge in [-0.2, -0.15) is 0 Å². The van der Waals surface area contributed by atoms with Crippen molar-refractivity contribution >= 4 is 11.6 Å². The molecule has 0 aromatic heterocycles. The molecule has 1 atom stereocenters. The summed E-state index contributed by atoms with van der Waals surface area (Å²) in [6, 6.07) is 21.1. The van der Waals surface area contributed by atoms with Gasteiger partial charge in [-0.25, -0.2) is 0 Å². The van der Waals surface area contributed by atoms with Crippen LogP contribution in [0.15, 0.2) is 60.7 Å². The minimum absolute atomic E-state index is 0.0821. The summed E-state index contributed by atoms with van der Waals surface area (Å²) in [5, 5.41) is 0. The molecule has 144 valence electrons. The predicted octanol–water partition coefficient (Wildman–Crippen LogP) is 4.92. The molecule has 1 amide bonds. The first-order chi connectivity index (χ1) is 13.0. The van der Waals surface area contributed by atoms with Crippen LogP contribution >= 0.6 is 0 Å². The molecule has 1 saturated heterocycles. The average Bonchev–Trinajstić information content (AvgIpc) is 2.68. The zero-order valence-corrected chi connectivity index (χ0v) is 16.9. The number of carbonyl (C=O) groups excluding carboxylic acids is 1. The van der Waals surface area contributed by atoms with Gasteiger partial charge in [-0.1, -0.05) is 55.5 Å². The number of benzene rings is 2. The molecule has 1 aliphatic rings. The number of likely N-dealkylation sites (tertiary alicyclic amines) is 1. The van der Waals surface area contributed by atoms with E-state index in [1.165, 1.54) is 5.56 Å².